The lowest BCUT2D eigenvalue weighted by atomic mass is 10.0. The fourth-order valence-electron chi connectivity index (χ4n) is 4.59. The predicted octanol–water partition coefficient (Wildman–Crippen LogP) is 4.62. The number of hydrogen-bond acceptors (Lipinski definition) is 10. The summed E-state index contributed by atoms with van der Waals surface area (Å²) in [7, 11) is 0. The molecule has 1 saturated heterocycles. The second-order valence-electron chi connectivity index (χ2n) is 9.07. The third-order valence-electron chi connectivity index (χ3n) is 6.39. The van der Waals surface area contributed by atoms with Gasteiger partial charge in [0.05, 0.1) is 39.1 Å². The highest BCUT2D eigenvalue weighted by atomic mass is 32.1. The predicted molar refractivity (Wildman–Crippen MR) is 150 cm³/mol. The van der Waals surface area contributed by atoms with Crippen LogP contribution in [-0.4, -0.2) is 49.6 Å². The van der Waals surface area contributed by atoms with Gasteiger partial charge in [0.25, 0.3) is 0 Å². The molecule has 6 rings (SSSR count). The molecule has 1 aliphatic heterocycles. The molecule has 0 unspecified atom stereocenters. The number of anilines is 3. The van der Waals surface area contributed by atoms with Gasteiger partial charge in [-0.1, -0.05) is 29.5 Å². The number of nitrogens with one attached hydrogen (secondary N) is 3. The summed E-state index contributed by atoms with van der Waals surface area (Å²) in [5.74, 6) is 1.28. The molecule has 1 fully saturated rings. The van der Waals surface area contributed by atoms with Gasteiger partial charge in [-0.25, -0.2) is 24.9 Å². The van der Waals surface area contributed by atoms with Crippen LogP contribution in [0.1, 0.15) is 36.6 Å². The van der Waals surface area contributed by atoms with Crippen LogP contribution in [0.4, 0.5) is 16.8 Å². The Balaban J connectivity index is 1.29. The van der Waals surface area contributed by atoms with Gasteiger partial charge >= 0.3 is 0 Å². The molecular formula is C27H25N9OS. The van der Waals surface area contributed by atoms with Crippen LogP contribution in [0.3, 0.4) is 0 Å². The van der Waals surface area contributed by atoms with Crippen LogP contribution < -0.4 is 15.5 Å². The van der Waals surface area contributed by atoms with E-state index in [0.717, 1.165) is 58.7 Å². The van der Waals surface area contributed by atoms with Crippen LogP contribution in [-0.2, 0) is 11.3 Å². The highest BCUT2D eigenvalue weighted by molar-refractivity contribution is 7.22. The van der Waals surface area contributed by atoms with Crippen LogP contribution in [0.2, 0.25) is 0 Å². The van der Waals surface area contributed by atoms with E-state index in [-0.39, 0.29) is 11.6 Å². The second-order valence-corrected chi connectivity index (χ2v) is 10.1. The Labute approximate surface area is 222 Å². The third kappa shape index (κ3) is 4.75. The van der Waals surface area contributed by atoms with Crippen LogP contribution in [0.25, 0.3) is 21.3 Å². The first kappa shape index (κ1) is 23.9. The van der Waals surface area contributed by atoms with E-state index < -0.39 is 0 Å². The molecule has 0 spiro atoms. The largest absolute Gasteiger partial charge is 0.364 e. The molecule has 3 aromatic heterocycles. The molecule has 2 aromatic carbocycles. The Kier molecular flexibility index (Phi) is 6.34. The maximum atomic E-state index is 11.4. The standard InChI is InChI=1S/C27H25N9OS/c1-16(37)32-27-35-21-9-8-17(12-23(21)38-27)24(28)18-13-29-15-31-25(18)30-14-22-26(36-10-4-5-11-36)34-20-7-3-2-6-19(20)33-22/h2-3,6-9,12-13,15,28H,4-5,10-11,14H2,1H3,(H,29,30,31)(H,32,35,37). The second kappa shape index (κ2) is 10.1. The van der Waals surface area contributed by atoms with E-state index in [1.807, 2.05) is 42.5 Å². The summed E-state index contributed by atoms with van der Waals surface area (Å²) >= 11 is 1.37. The van der Waals surface area contributed by atoms with Crippen molar-refractivity contribution in [2.24, 2.45) is 0 Å². The van der Waals surface area contributed by atoms with Gasteiger partial charge in [0.1, 0.15) is 17.8 Å². The van der Waals surface area contributed by atoms with Crippen molar-refractivity contribution in [3.8, 4) is 0 Å². The molecular weight excluding hydrogens is 498 g/mol. The number of fused-ring (bicyclic) bond motifs is 2. The van der Waals surface area contributed by atoms with Crippen molar-refractivity contribution < 1.29 is 4.79 Å². The van der Waals surface area contributed by atoms with Crippen LogP contribution in [0.5, 0.6) is 0 Å². The number of benzene rings is 2. The average molecular weight is 524 g/mol. The highest BCUT2D eigenvalue weighted by Crippen LogP contribution is 2.29. The number of aromatic nitrogens is 5. The molecule has 0 bridgehead atoms. The maximum absolute atomic E-state index is 11.4. The molecule has 0 radical (unpaired) electrons. The van der Waals surface area contributed by atoms with Crippen molar-refractivity contribution in [3.63, 3.8) is 0 Å². The van der Waals surface area contributed by atoms with Crippen LogP contribution in [0, 0.1) is 5.41 Å². The topological polar surface area (TPSA) is 133 Å². The van der Waals surface area contributed by atoms with E-state index in [2.05, 4.69) is 30.5 Å². The van der Waals surface area contributed by atoms with E-state index in [4.69, 9.17) is 15.4 Å². The zero-order valence-electron chi connectivity index (χ0n) is 20.7. The molecule has 1 aliphatic rings. The van der Waals surface area contributed by atoms with E-state index in [1.165, 1.54) is 24.6 Å². The van der Waals surface area contributed by atoms with Crippen molar-refractivity contribution in [1.82, 2.24) is 24.9 Å². The maximum Gasteiger partial charge on any atom is 0.223 e. The Bertz CT molecular complexity index is 1680. The molecule has 0 aliphatic carbocycles. The average Bonchev–Trinajstić information content (AvgIpc) is 3.60. The molecule has 5 aromatic rings. The minimum absolute atomic E-state index is 0.168. The summed E-state index contributed by atoms with van der Waals surface area (Å²) in [6.45, 7) is 3.80. The van der Waals surface area contributed by atoms with Crippen molar-refractivity contribution in [1.29, 1.82) is 5.41 Å². The van der Waals surface area contributed by atoms with E-state index in [9.17, 15) is 4.79 Å². The van der Waals surface area contributed by atoms with Crippen molar-refractivity contribution >= 4 is 61.0 Å². The monoisotopic (exact) mass is 523 g/mol. The number of thiazole rings is 1. The zero-order chi connectivity index (χ0) is 26.1. The molecule has 4 heterocycles. The number of carbonyl (C=O) groups excluding carboxylic acids is 1. The van der Waals surface area contributed by atoms with E-state index in [0.29, 0.717) is 28.6 Å². The first-order valence-corrected chi connectivity index (χ1v) is 13.2. The molecule has 0 saturated carbocycles. The molecule has 190 valence electrons. The van der Waals surface area contributed by atoms with E-state index in [1.54, 1.807) is 6.20 Å². The summed E-state index contributed by atoms with van der Waals surface area (Å²) in [6.07, 6.45) is 5.40. The summed E-state index contributed by atoms with van der Waals surface area (Å²) in [6, 6.07) is 13.5. The highest BCUT2D eigenvalue weighted by Gasteiger charge is 2.20. The van der Waals surface area contributed by atoms with Gasteiger partial charge in [-0.05, 0) is 37.1 Å². The SMILES string of the molecule is CC(=O)Nc1nc2ccc(C(=N)c3cncnc3NCc3nc4ccccc4nc3N3CCCC3)cc2s1. The first-order chi connectivity index (χ1) is 18.5. The summed E-state index contributed by atoms with van der Waals surface area (Å²) in [4.78, 5) is 36.6. The smallest absolute Gasteiger partial charge is 0.223 e. The van der Waals surface area contributed by atoms with Gasteiger partial charge in [-0.15, -0.1) is 0 Å². The number of para-hydroxylation sites is 2. The minimum Gasteiger partial charge on any atom is -0.364 e. The first-order valence-electron chi connectivity index (χ1n) is 12.4. The van der Waals surface area contributed by atoms with Crippen molar-refractivity contribution in [2.75, 3.05) is 28.6 Å². The Morgan fingerprint density at radius 1 is 1.05 bits per heavy atom. The number of carbonyl (C=O) groups is 1. The number of nitrogens with zero attached hydrogens (tertiary/aromatic N) is 6. The lowest BCUT2D eigenvalue weighted by Crippen LogP contribution is -2.22. The number of amides is 1. The Hall–Kier alpha value is -4.51. The molecule has 0 atom stereocenters. The Morgan fingerprint density at radius 3 is 2.63 bits per heavy atom. The van der Waals surface area contributed by atoms with E-state index >= 15 is 0 Å². The van der Waals surface area contributed by atoms with Gasteiger partial charge in [0.15, 0.2) is 10.9 Å². The molecule has 11 heteroatoms. The summed E-state index contributed by atoms with van der Waals surface area (Å²) in [5, 5.41) is 15.6. The molecule has 3 N–H and O–H groups in total. The van der Waals surface area contributed by atoms with Gasteiger partial charge in [-0.3, -0.25) is 10.2 Å². The van der Waals surface area contributed by atoms with Crippen molar-refractivity contribution in [3.05, 3.63) is 71.8 Å². The number of rotatable bonds is 7. The molecule has 1 amide bonds. The minimum atomic E-state index is -0.168. The zero-order valence-corrected chi connectivity index (χ0v) is 21.5. The van der Waals surface area contributed by atoms with Gasteiger partial charge in [0, 0.05) is 31.8 Å². The quantitative estimate of drug-likeness (QED) is 0.263. The van der Waals surface area contributed by atoms with Gasteiger partial charge < -0.3 is 15.5 Å². The Morgan fingerprint density at radius 2 is 1.84 bits per heavy atom. The normalized spacial score (nSPS) is 13.2. The van der Waals surface area contributed by atoms with Gasteiger partial charge in [0.2, 0.25) is 5.91 Å². The number of hydrogen-bond donors (Lipinski definition) is 3. The van der Waals surface area contributed by atoms with Crippen molar-refractivity contribution in [2.45, 2.75) is 26.3 Å². The lowest BCUT2D eigenvalue weighted by Gasteiger charge is -2.20. The third-order valence-corrected chi connectivity index (χ3v) is 7.33. The fraction of sp³-hybridized carbons (Fsp3) is 0.222. The summed E-state index contributed by atoms with van der Waals surface area (Å²) < 4.78 is 0.879. The van der Waals surface area contributed by atoms with Crippen LogP contribution >= 0.6 is 11.3 Å². The fourth-order valence-corrected chi connectivity index (χ4v) is 5.54. The lowest BCUT2D eigenvalue weighted by molar-refractivity contribution is -0.114. The molecule has 10 nitrogen and oxygen atoms in total. The van der Waals surface area contributed by atoms with Gasteiger partial charge in [-0.2, -0.15) is 0 Å². The summed E-state index contributed by atoms with van der Waals surface area (Å²) in [5.41, 5.74) is 4.91. The van der Waals surface area contributed by atoms with Crippen LogP contribution in [0.15, 0.2) is 55.0 Å². The molecule has 38 heavy (non-hydrogen) atoms.